The Morgan fingerprint density at radius 2 is 1.45 bits per heavy atom. The Hall–Kier alpha value is 0.0969. The fourth-order valence-corrected chi connectivity index (χ4v) is 7.75. The zero-order valence-corrected chi connectivity index (χ0v) is 15.0. The lowest BCUT2D eigenvalue weighted by Gasteiger charge is -2.49. The van der Waals surface area contributed by atoms with Gasteiger partial charge in [0.2, 0.25) is 0 Å². The second-order valence-corrected chi connectivity index (χ2v) is 9.35. The molecule has 20 heavy (non-hydrogen) atoms. The molecule has 1 saturated heterocycles. The third-order valence-corrected chi connectivity index (χ3v) is 8.75. The lowest BCUT2D eigenvalue weighted by Crippen LogP contribution is -2.66. The minimum Gasteiger partial charge on any atom is -0.393 e. The van der Waals surface area contributed by atoms with Crippen LogP contribution in [0, 0.1) is 0 Å². The third-order valence-electron chi connectivity index (χ3n) is 4.26. The quantitative estimate of drug-likeness (QED) is 0.553. The SMILES string of the molecule is CCCOC1(CC)CCCC[Si]1(OCCC)OCCC. The number of ether oxygens (including phenoxy) is 1. The number of hydrogen-bond donors (Lipinski definition) is 0. The Bertz CT molecular complexity index is 252. The fourth-order valence-electron chi connectivity index (χ4n) is 3.20. The van der Waals surface area contributed by atoms with Crippen molar-refractivity contribution in [3.05, 3.63) is 0 Å². The monoisotopic (exact) mass is 302 g/mol. The van der Waals surface area contributed by atoms with Crippen molar-refractivity contribution in [3.63, 3.8) is 0 Å². The van der Waals surface area contributed by atoms with Crippen molar-refractivity contribution in [1.29, 1.82) is 0 Å². The zero-order chi connectivity index (χ0) is 14.9. The summed E-state index contributed by atoms with van der Waals surface area (Å²) in [6.45, 7) is 11.2. The Balaban J connectivity index is 2.95. The Kier molecular flexibility index (Phi) is 8.33. The molecule has 0 aromatic heterocycles. The highest BCUT2D eigenvalue weighted by Crippen LogP contribution is 2.43. The molecule has 0 saturated carbocycles. The molecule has 0 N–H and O–H groups in total. The predicted octanol–water partition coefficient (Wildman–Crippen LogP) is 4.58. The summed E-state index contributed by atoms with van der Waals surface area (Å²) in [6, 6.07) is 1.10. The summed E-state index contributed by atoms with van der Waals surface area (Å²) in [6.07, 6.45) is 7.79. The van der Waals surface area contributed by atoms with E-state index in [1.165, 1.54) is 12.8 Å². The second-order valence-electron chi connectivity index (χ2n) is 5.85. The van der Waals surface area contributed by atoms with Gasteiger partial charge in [-0.15, -0.1) is 0 Å². The molecule has 0 radical (unpaired) electrons. The average Bonchev–Trinajstić information content (AvgIpc) is 2.50. The Morgan fingerprint density at radius 3 is 1.95 bits per heavy atom. The van der Waals surface area contributed by atoms with Crippen molar-refractivity contribution >= 4 is 8.56 Å². The van der Waals surface area contributed by atoms with Gasteiger partial charge in [0.25, 0.3) is 0 Å². The van der Waals surface area contributed by atoms with Crippen molar-refractivity contribution in [3.8, 4) is 0 Å². The standard InChI is InChI=1S/C16H34O3Si/c1-5-12-17-16(8-4)11-9-10-15-20(16,18-13-6-2)19-14-7-3/h5-15H2,1-4H3. The van der Waals surface area contributed by atoms with Gasteiger partial charge in [-0.25, -0.2) is 0 Å². The normalized spacial score (nSPS) is 25.8. The van der Waals surface area contributed by atoms with E-state index < -0.39 is 8.56 Å². The molecule has 0 aromatic rings. The first-order valence-electron chi connectivity index (χ1n) is 8.62. The minimum absolute atomic E-state index is 0.119. The molecule has 1 heterocycles. The van der Waals surface area contributed by atoms with E-state index in [9.17, 15) is 0 Å². The molecule has 1 unspecified atom stereocenters. The molecule has 1 fully saturated rings. The Morgan fingerprint density at radius 1 is 0.850 bits per heavy atom. The van der Waals surface area contributed by atoms with Gasteiger partial charge in [-0.2, -0.15) is 0 Å². The summed E-state index contributed by atoms with van der Waals surface area (Å²) in [5, 5.41) is -0.119. The molecule has 0 aliphatic carbocycles. The molecule has 4 heteroatoms. The zero-order valence-electron chi connectivity index (χ0n) is 14.0. The number of rotatable bonds is 10. The summed E-state index contributed by atoms with van der Waals surface area (Å²) < 4.78 is 19.2. The van der Waals surface area contributed by atoms with Gasteiger partial charge in [-0.05, 0) is 38.1 Å². The molecule has 1 atom stereocenters. The van der Waals surface area contributed by atoms with Gasteiger partial charge in [-0.3, -0.25) is 0 Å². The largest absolute Gasteiger partial charge is 0.393 e. The molecule has 0 amide bonds. The highest BCUT2D eigenvalue weighted by atomic mass is 28.4. The van der Waals surface area contributed by atoms with Crippen molar-refractivity contribution in [2.24, 2.45) is 0 Å². The summed E-state index contributed by atoms with van der Waals surface area (Å²) in [7, 11) is -2.26. The molecular formula is C16H34O3Si. The van der Waals surface area contributed by atoms with E-state index in [4.69, 9.17) is 13.6 Å². The smallest absolute Gasteiger partial charge is 0.371 e. The minimum atomic E-state index is -2.26. The molecule has 120 valence electrons. The first-order valence-corrected chi connectivity index (χ1v) is 10.6. The van der Waals surface area contributed by atoms with Crippen molar-refractivity contribution in [2.75, 3.05) is 19.8 Å². The van der Waals surface area contributed by atoms with Crippen molar-refractivity contribution < 1.29 is 13.6 Å². The van der Waals surface area contributed by atoms with Crippen LogP contribution in [0.5, 0.6) is 0 Å². The van der Waals surface area contributed by atoms with Gasteiger partial charge in [0, 0.05) is 19.8 Å². The van der Waals surface area contributed by atoms with Gasteiger partial charge in [-0.1, -0.05) is 40.5 Å². The van der Waals surface area contributed by atoms with Gasteiger partial charge < -0.3 is 13.6 Å². The van der Waals surface area contributed by atoms with Gasteiger partial charge in [0.15, 0.2) is 0 Å². The van der Waals surface area contributed by atoms with E-state index in [0.717, 1.165) is 58.0 Å². The summed E-state index contributed by atoms with van der Waals surface area (Å²) >= 11 is 0. The maximum absolute atomic E-state index is 6.42. The first kappa shape index (κ1) is 18.1. The summed E-state index contributed by atoms with van der Waals surface area (Å²) in [4.78, 5) is 0. The van der Waals surface area contributed by atoms with Crippen LogP contribution in [0.1, 0.15) is 72.6 Å². The van der Waals surface area contributed by atoms with E-state index in [2.05, 4.69) is 27.7 Å². The maximum Gasteiger partial charge on any atom is 0.371 e. The molecule has 0 bridgehead atoms. The molecule has 3 nitrogen and oxygen atoms in total. The third kappa shape index (κ3) is 4.06. The van der Waals surface area contributed by atoms with Crippen LogP contribution in [0.3, 0.4) is 0 Å². The van der Waals surface area contributed by atoms with E-state index in [1.807, 2.05) is 0 Å². The van der Waals surface area contributed by atoms with E-state index >= 15 is 0 Å². The van der Waals surface area contributed by atoms with Crippen LogP contribution < -0.4 is 0 Å². The van der Waals surface area contributed by atoms with Crippen molar-refractivity contribution in [1.82, 2.24) is 0 Å². The predicted molar refractivity (Wildman–Crippen MR) is 86.2 cm³/mol. The first-order chi connectivity index (χ1) is 9.70. The fraction of sp³-hybridized carbons (Fsp3) is 1.00. The van der Waals surface area contributed by atoms with Crippen LogP contribution in [0.25, 0.3) is 0 Å². The van der Waals surface area contributed by atoms with Gasteiger partial charge in [0.1, 0.15) is 5.22 Å². The van der Waals surface area contributed by atoms with Crippen LogP contribution in [0.15, 0.2) is 0 Å². The van der Waals surface area contributed by atoms with E-state index in [1.54, 1.807) is 0 Å². The molecular weight excluding hydrogens is 268 g/mol. The van der Waals surface area contributed by atoms with Crippen LogP contribution in [0.4, 0.5) is 0 Å². The van der Waals surface area contributed by atoms with Gasteiger partial charge in [0.05, 0.1) is 0 Å². The van der Waals surface area contributed by atoms with Crippen LogP contribution >= 0.6 is 0 Å². The van der Waals surface area contributed by atoms with E-state index in [-0.39, 0.29) is 5.22 Å². The lowest BCUT2D eigenvalue weighted by atomic mass is 10.1. The second kappa shape index (κ2) is 9.18. The average molecular weight is 303 g/mol. The topological polar surface area (TPSA) is 27.7 Å². The number of hydrogen-bond acceptors (Lipinski definition) is 3. The molecule has 1 aliphatic rings. The molecule has 1 aliphatic heterocycles. The van der Waals surface area contributed by atoms with E-state index in [0.29, 0.717) is 0 Å². The Labute approximate surface area is 126 Å². The lowest BCUT2D eigenvalue weighted by molar-refractivity contribution is -0.0493. The highest BCUT2D eigenvalue weighted by molar-refractivity contribution is 6.70. The molecule has 1 rings (SSSR count). The van der Waals surface area contributed by atoms with Crippen LogP contribution in [-0.2, 0) is 13.6 Å². The summed E-state index contributed by atoms with van der Waals surface area (Å²) in [5.41, 5.74) is 0. The summed E-state index contributed by atoms with van der Waals surface area (Å²) in [5.74, 6) is 0. The van der Waals surface area contributed by atoms with Crippen LogP contribution in [0.2, 0.25) is 6.04 Å². The maximum atomic E-state index is 6.42. The van der Waals surface area contributed by atoms with Crippen molar-refractivity contribution in [2.45, 2.75) is 83.9 Å². The van der Waals surface area contributed by atoms with Crippen LogP contribution in [-0.4, -0.2) is 33.6 Å². The van der Waals surface area contributed by atoms with Gasteiger partial charge >= 0.3 is 8.56 Å². The molecule has 0 spiro atoms. The molecule has 0 aromatic carbocycles. The highest BCUT2D eigenvalue weighted by Gasteiger charge is 2.59.